The van der Waals surface area contributed by atoms with Gasteiger partial charge in [-0.15, -0.1) is 0 Å². The summed E-state index contributed by atoms with van der Waals surface area (Å²) in [4.78, 5) is 24.0. The highest BCUT2D eigenvalue weighted by Gasteiger charge is 2.24. The zero-order valence-corrected chi connectivity index (χ0v) is 18.4. The van der Waals surface area contributed by atoms with Gasteiger partial charge in [0.25, 0.3) is 0 Å². The molecule has 6 nitrogen and oxygen atoms in total. The van der Waals surface area contributed by atoms with Crippen LogP contribution in [-0.2, 0) is 0 Å². The normalized spacial score (nSPS) is 19.0. The summed E-state index contributed by atoms with van der Waals surface area (Å²) >= 11 is 0. The van der Waals surface area contributed by atoms with E-state index in [-0.39, 0.29) is 11.5 Å². The smallest absolute Gasteiger partial charge is 0.163 e. The number of Topliss-reactive ketones (excluding diaryl/α,β-unsaturated/α-hetero) is 1. The molecule has 1 aliphatic rings. The number of aromatic nitrogens is 2. The Labute approximate surface area is 183 Å². The van der Waals surface area contributed by atoms with E-state index in [4.69, 9.17) is 4.98 Å². The Morgan fingerprint density at radius 2 is 1.81 bits per heavy atom. The van der Waals surface area contributed by atoms with Gasteiger partial charge in [-0.2, -0.15) is 0 Å². The number of anilines is 1. The molecule has 1 aliphatic carbocycles. The van der Waals surface area contributed by atoms with Crippen LogP contribution in [-0.4, -0.2) is 52.4 Å². The topological polar surface area (TPSA) is 78.3 Å². The van der Waals surface area contributed by atoms with Gasteiger partial charge in [-0.25, -0.2) is 4.98 Å². The number of phenols is 1. The van der Waals surface area contributed by atoms with Gasteiger partial charge in [0.15, 0.2) is 5.78 Å². The number of hydrogen-bond acceptors (Lipinski definition) is 6. The number of nitrogens with zero attached hydrogens (tertiary/aromatic N) is 3. The van der Waals surface area contributed by atoms with Crippen molar-refractivity contribution in [2.24, 2.45) is 5.92 Å². The molecule has 1 aromatic carbocycles. The Morgan fingerprint density at radius 1 is 1.10 bits per heavy atom. The van der Waals surface area contributed by atoms with Crippen molar-refractivity contribution in [1.29, 1.82) is 0 Å². The van der Waals surface area contributed by atoms with Crippen molar-refractivity contribution in [2.75, 3.05) is 26.0 Å². The number of fused-ring (bicyclic) bond motifs is 1. The van der Waals surface area contributed by atoms with Gasteiger partial charge in [0, 0.05) is 24.3 Å². The summed E-state index contributed by atoms with van der Waals surface area (Å²) in [6.45, 7) is 2.70. The molecule has 0 unspecified atom stereocenters. The molecule has 4 rings (SSSR count). The zero-order chi connectivity index (χ0) is 22.0. The van der Waals surface area contributed by atoms with E-state index in [0.717, 1.165) is 47.8 Å². The average molecular weight is 419 g/mol. The molecule has 31 heavy (non-hydrogen) atoms. The quantitative estimate of drug-likeness (QED) is 0.563. The van der Waals surface area contributed by atoms with Crippen molar-refractivity contribution in [3.8, 4) is 17.0 Å². The van der Waals surface area contributed by atoms with Crippen LogP contribution in [0.1, 0.15) is 43.0 Å². The van der Waals surface area contributed by atoms with Crippen LogP contribution in [0.25, 0.3) is 22.3 Å². The van der Waals surface area contributed by atoms with Crippen LogP contribution >= 0.6 is 0 Å². The van der Waals surface area contributed by atoms with Crippen molar-refractivity contribution in [3.05, 3.63) is 48.2 Å². The molecule has 0 spiro atoms. The maximum Gasteiger partial charge on any atom is 0.163 e. The minimum atomic E-state index is -0.0185. The summed E-state index contributed by atoms with van der Waals surface area (Å²) in [5.41, 5.74) is 4.54. The number of nitrogens with one attached hydrogen (secondary N) is 1. The number of carbonyl (C=O) groups is 1. The Bertz CT molecular complexity index is 1070. The summed E-state index contributed by atoms with van der Waals surface area (Å²) in [5, 5.41) is 13.2. The van der Waals surface area contributed by atoms with Crippen LogP contribution < -0.4 is 5.32 Å². The number of aromatic hydroxyl groups is 1. The van der Waals surface area contributed by atoms with Crippen molar-refractivity contribution in [2.45, 2.75) is 38.6 Å². The van der Waals surface area contributed by atoms with E-state index in [1.54, 1.807) is 25.3 Å². The van der Waals surface area contributed by atoms with Gasteiger partial charge < -0.3 is 15.3 Å². The van der Waals surface area contributed by atoms with E-state index in [1.165, 1.54) is 12.8 Å². The molecule has 0 radical (unpaired) electrons. The standard InChI is InChI=1S/C25H30N4O2/c1-16(30)21-14-26-23-13-12-22(18-6-10-20(31)11-7-18)28-25(23)24(21)27-19-8-4-17(5-9-19)15-29(2)3/h6-7,10-14,17,19,31H,4-5,8-9,15H2,1-3H3,(H,26,27). The SMILES string of the molecule is CC(=O)c1cnc2ccc(-c3ccc(O)cc3)nc2c1NC1CCC(CN(C)C)CC1. The van der Waals surface area contributed by atoms with Crippen LogP contribution in [0.5, 0.6) is 5.75 Å². The van der Waals surface area contributed by atoms with Gasteiger partial charge in [-0.3, -0.25) is 9.78 Å². The van der Waals surface area contributed by atoms with Crippen LogP contribution in [0.3, 0.4) is 0 Å². The third kappa shape index (κ3) is 4.85. The number of carbonyl (C=O) groups excluding carboxylic acids is 1. The molecule has 1 fully saturated rings. The van der Waals surface area contributed by atoms with Crippen molar-refractivity contribution < 1.29 is 9.90 Å². The monoisotopic (exact) mass is 418 g/mol. The third-order valence-corrected chi connectivity index (χ3v) is 6.07. The number of rotatable bonds is 6. The molecule has 0 atom stereocenters. The summed E-state index contributed by atoms with van der Waals surface area (Å²) in [5.74, 6) is 0.932. The second-order valence-electron chi connectivity index (χ2n) is 8.84. The zero-order valence-electron chi connectivity index (χ0n) is 18.4. The van der Waals surface area contributed by atoms with E-state index in [9.17, 15) is 9.90 Å². The first kappa shape index (κ1) is 21.2. The van der Waals surface area contributed by atoms with E-state index in [0.29, 0.717) is 17.1 Å². The molecule has 2 aromatic heterocycles. The average Bonchev–Trinajstić information content (AvgIpc) is 2.75. The fraction of sp³-hybridized carbons (Fsp3) is 0.400. The van der Waals surface area contributed by atoms with Gasteiger partial charge in [-0.05, 0) is 89.0 Å². The molecule has 1 saturated carbocycles. The lowest BCUT2D eigenvalue weighted by Crippen LogP contribution is -2.31. The molecule has 2 heterocycles. The molecule has 0 amide bonds. The molecule has 6 heteroatoms. The maximum absolute atomic E-state index is 12.4. The van der Waals surface area contributed by atoms with Crippen molar-refractivity contribution >= 4 is 22.5 Å². The van der Waals surface area contributed by atoms with Crippen molar-refractivity contribution in [1.82, 2.24) is 14.9 Å². The molecule has 2 N–H and O–H groups in total. The molecule has 0 saturated heterocycles. The molecule has 3 aromatic rings. The second kappa shape index (κ2) is 9.02. The lowest BCUT2D eigenvalue weighted by atomic mass is 9.85. The summed E-state index contributed by atoms with van der Waals surface area (Å²) in [6.07, 6.45) is 6.18. The Balaban J connectivity index is 1.67. The highest BCUT2D eigenvalue weighted by atomic mass is 16.3. The highest BCUT2D eigenvalue weighted by Crippen LogP contribution is 2.32. The Kier molecular flexibility index (Phi) is 6.18. The lowest BCUT2D eigenvalue weighted by molar-refractivity contribution is 0.101. The minimum absolute atomic E-state index is 0.0185. The summed E-state index contributed by atoms with van der Waals surface area (Å²) in [6, 6.07) is 11.2. The Hall–Kier alpha value is -2.99. The van der Waals surface area contributed by atoms with Gasteiger partial charge in [0.1, 0.15) is 11.3 Å². The predicted molar refractivity (Wildman–Crippen MR) is 125 cm³/mol. The van der Waals surface area contributed by atoms with E-state index in [2.05, 4.69) is 29.3 Å². The van der Waals surface area contributed by atoms with Crippen molar-refractivity contribution in [3.63, 3.8) is 0 Å². The van der Waals surface area contributed by atoms with Gasteiger partial charge in [0.05, 0.1) is 22.5 Å². The highest BCUT2D eigenvalue weighted by molar-refractivity contribution is 6.06. The van der Waals surface area contributed by atoms with Crippen LogP contribution in [0, 0.1) is 5.92 Å². The number of hydrogen-bond donors (Lipinski definition) is 2. The largest absolute Gasteiger partial charge is 0.508 e. The number of phenolic OH excluding ortho intramolecular Hbond substituents is 1. The Morgan fingerprint density at radius 3 is 2.45 bits per heavy atom. The molecular weight excluding hydrogens is 388 g/mol. The molecule has 162 valence electrons. The fourth-order valence-corrected chi connectivity index (χ4v) is 4.48. The van der Waals surface area contributed by atoms with Gasteiger partial charge >= 0.3 is 0 Å². The summed E-state index contributed by atoms with van der Waals surface area (Å²) < 4.78 is 0. The first-order chi connectivity index (χ1) is 14.9. The lowest BCUT2D eigenvalue weighted by Gasteiger charge is -2.31. The van der Waals surface area contributed by atoms with Crippen LogP contribution in [0.2, 0.25) is 0 Å². The first-order valence-electron chi connectivity index (χ1n) is 10.9. The first-order valence-corrected chi connectivity index (χ1v) is 10.9. The maximum atomic E-state index is 12.4. The third-order valence-electron chi connectivity index (χ3n) is 6.07. The van der Waals surface area contributed by atoms with Gasteiger partial charge in [-0.1, -0.05) is 0 Å². The van der Waals surface area contributed by atoms with Crippen LogP contribution in [0.4, 0.5) is 5.69 Å². The summed E-state index contributed by atoms with van der Waals surface area (Å²) in [7, 11) is 4.26. The predicted octanol–water partition coefficient (Wildman–Crippen LogP) is 4.74. The number of benzene rings is 1. The van der Waals surface area contributed by atoms with Crippen LogP contribution in [0.15, 0.2) is 42.6 Å². The number of ketones is 1. The molecular formula is C25H30N4O2. The van der Waals surface area contributed by atoms with Gasteiger partial charge in [0.2, 0.25) is 0 Å². The minimum Gasteiger partial charge on any atom is -0.508 e. The number of pyridine rings is 2. The molecule has 0 bridgehead atoms. The molecule has 0 aliphatic heterocycles. The van der Waals surface area contributed by atoms with E-state index >= 15 is 0 Å². The second-order valence-corrected chi connectivity index (χ2v) is 8.84. The fourth-order valence-electron chi connectivity index (χ4n) is 4.48. The van der Waals surface area contributed by atoms with E-state index in [1.807, 2.05) is 24.3 Å². The van der Waals surface area contributed by atoms with E-state index < -0.39 is 0 Å².